The lowest BCUT2D eigenvalue weighted by atomic mass is 9.90. The molecule has 0 aromatic heterocycles. The van der Waals surface area contributed by atoms with Crippen molar-refractivity contribution in [3.8, 4) is 0 Å². The average Bonchev–Trinajstić information content (AvgIpc) is 2.92. The fraction of sp³-hybridized carbons (Fsp3) is 0.600. The van der Waals surface area contributed by atoms with Gasteiger partial charge in [-0.25, -0.2) is 0 Å². The largest absolute Gasteiger partial charge is 0.374 e. The Labute approximate surface area is 114 Å². The first kappa shape index (κ1) is 12.4. The number of thioether (sulfide) groups is 1. The molecule has 2 aliphatic heterocycles. The zero-order valence-corrected chi connectivity index (χ0v) is 11.9. The van der Waals surface area contributed by atoms with Crippen LogP contribution in [0.2, 0.25) is 0 Å². The van der Waals surface area contributed by atoms with Crippen molar-refractivity contribution in [2.45, 2.75) is 24.8 Å². The minimum Gasteiger partial charge on any atom is -0.374 e. The molecule has 0 unspecified atom stereocenters. The van der Waals surface area contributed by atoms with Gasteiger partial charge in [0.1, 0.15) is 0 Å². The SMILES string of the molecule is CN1CC[C@@H](CN[C@H]2CCSC2)c2ccccc21. The lowest BCUT2D eigenvalue weighted by Gasteiger charge is -2.33. The number of anilines is 1. The van der Waals surface area contributed by atoms with Crippen molar-refractivity contribution in [2.75, 3.05) is 36.5 Å². The van der Waals surface area contributed by atoms with Crippen molar-refractivity contribution in [1.29, 1.82) is 0 Å². The molecule has 2 aliphatic rings. The molecule has 1 saturated heterocycles. The van der Waals surface area contributed by atoms with Gasteiger partial charge >= 0.3 is 0 Å². The van der Waals surface area contributed by atoms with Crippen LogP contribution in [0.5, 0.6) is 0 Å². The Kier molecular flexibility index (Phi) is 3.80. The molecule has 0 amide bonds. The second-order valence-electron chi connectivity index (χ2n) is 5.43. The molecule has 3 heteroatoms. The van der Waals surface area contributed by atoms with E-state index < -0.39 is 0 Å². The smallest absolute Gasteiger partial charge is 0.0399 e. The molecular weight excluding hydrogens is 240 g/mol. The van der Waals surface area contributed by atoms with Crippen LogP contribution in [0.15, 0.2) is 24.3 Å². The Morgan fingerprint density at radius 3 is 3.06 bits per heavy atom. The second-order valence-corrected chi connectivity index (χ2v) is 6.58. The molecule has 0 saturated carbocycles. The molecule has 0 aliphatic carbocycles. The number of fused-ring (bicyclic) bond motifs is 1. The first-order valence-electron chi connectivity index (χ1n) is 6.96. The summed E-state index contributed by atoms with van der Waals surface area (Å²) in [4.78, 5) is 2.39. The van der Waals surface area contributed by atoms with E-state index in [0.29, 0.717) is 5.92 Å². The fourth-order valence-corrected chi connectivity index (χ4v) is 4.21. The van der Waals surface area contributed by atoms with Gasteiger partial charge < -0.3 is 10.2 Å². The van der Waals surface area contributed by atoms with Gasteiger partial charge in [-0.3, -0.25) is 0 Å². The van der Waals surface area contributed by atoms with Crippen molar-refractivity contribution in [3.05, 3.63) is 29.8 Å². The highest BCUT2D eigenvalue weighted by Crippen LogP contribution is 2.34. The predicted octanol–water partition coefficient (Wildman–Crippen LogP) is 2.71. The van der Waals surface area contributed by atoms with Gasteiger partial charge in [-0.1, -0.05) is 18.2 Å². The van der Waals surface area contributed by atoms with Crippen LogP contribution in [-0.4, -0.2) is 37.7 Å². The minimum absolute atomic E-state index is 0.697. The van der Waals surface area contributed by atoms with Gasteiger partial charge in [0.15, 0.2) is 0 Å². The topological polar surface area (TPSA) is 15.3 Å². The number of benzene rings is 1. The van der Waals surface area contributed by atoms with E-state index in [9.17, 15) is 0 Å². The van der Waals surface area contributed by atoms with E-state index in [2.05, 4.69) is 53.3 Å². The van der Waals surface area contributed by atoms with Crippen LogP contribution < -0.4 is 10.2 Å². The lowest BCUT2D eigenvalue weighted by molar-refractivity contribution is 0.485. The summed E-state index contributed by atoms with van der Waals surface area (Å²) >= 11 is 2.08. The molecule has 2 atom stereocenters. The quantitative estimate of drug-likeness (QED) is 0.901. The van der Waals surface area contributed by atoms with Crippen LogP contribution in [-0.2, 0) is 0 Å². The monoisotopic (exact) mass is 262 g/mol. The summed E-state index contributed by atoms with van der Waals surface area (Å²) in [6.07, 6.45) is 2.62. The Balaban J connectivity index is 1.68. The van der Waals surface area contributed by atoms with Crippen LogP contribution in [0, 0.1) is 0 Å². The van der Waals surface area contributed by atoms with E-state index in [0.717, 1.165) is 12.6 Å². The van der Waals surface area contributed by atoms with Gasteiger partial charge in [0.25, 0.3) is 0 Å². The lowest BCUT2D eigenvalue weighted by Crippen LogP contribution is -2.36. The summed E-state index contributed by atoms with van der Waals surface area (Å²) in [5.41, 5.74) is 2.96. The van der Waals surface area contributed by atoms with E-state index in [1.54, 1.807) is 0 Å². The summed E-state index contributed by atoms with van der Waals surface area (Å²) in [7, 11) is 2.20. The molecule has 1 N–H and O–H groups in total. The highest BCUT2D eigenvalue weighted by Gasteiger charge is 2.24. The summed E-state index contributed by atoms with van der Waals surface area (Å²) in [6, 6.07) is 9.64. The third-order valence-corrected chi connectivity index (χ3v) is 5.35. The molecule has 0 spiro atoms. The number of nitrogens with one attached hydrogen (secondary N) is 1. The number of hydrogen-bond donors (Lipinski definition) is 1. The third-order valence-electron chi connectivity index (χ3n) is 4.18. The van der Waals surface area contributed by atoms with E-state index >= 15 is 0 Å². The zero-order valence-electron chi connectivity index (χ0n) is 11.1. The first-order valence-corrected chi connectivity index (χ1v) is 8.11. The summed E-state index contributed by atoms with van der Waals surface area (Å²) in [6.45, 7) is 2.33. The predicted molar refractivity (Wildman–Crippen MR) is 80.8 cm³/mol. The summed E-state index contributed by atoms with van der Waals surface area (Å²) in [5, 5.41) is 3.77. The van der Waals surface area contributed by atoms with Crippen molar-refractivity contribution in [3.63, 3.8) is 0 Å². The molecule has 1 fully saturated rings. The van der Waals surface area contributed by atoms with Gasteiger partial charge in [-0.2, -0.15) is 11.8 Å². The van der Waals surface area contributed by atoms with Crippen molar-refractivity contribution < 1.29 is 0 Å². The maximum atomic E-state index is 3.77. The van der Waals surface area contributed by atoms with Gasteiger partial charge in [0.05, 0.1) is 0 Å². The molecule has 1 aromatic carbocycles. The second kappa shape index (κ2) is 5.54. The number of rotatable bonds is 3. The molecule has 2 heterocycles. The van der Waals surface area contributed by atoms with E-state index in [1.807, 2.05) is 0 Å². The Morgan fingerprint density at radius 1 is 1.33 bits per heavy atom. The van der Waals surface area contributed by atoms with Crippen LogP contribution in [0.3, 0.4) is 0 Å². The van der Waals surface area contributed by atoms with Gasteiger partial charge in [-0.05, 0) is 30.2 Å². The normalized spacial score (nSPS) is 27.3. The average molecular weight is 262 g/mol. The Hall–Kier alpha value is -0.670. The van der Waals surface area contributed by atoms with Crippen LogP contribution in [0.25, 0.3) is 0 Å². The van der Waals surface area contributed by atoms with Crippen LogP contribution >= 0.6 is 11.8 Å². The Morgan fingerprint density at radius 2 is 2.22 bits per heavy atom. The molecule has 0 bridgehead atoms. The first-order chi connectivity index (χ1) is 8.84. The fourth-order valence-electron chi connectivity index (χ4n) is 3.02. The van der Waals surface area contributed by atoms with E-state index in [1.165, 1.54) is 42.1 Å². The number of para-hydroxylation sites is 1. The highest BCUT2D eigenvalue weighted by molar-refractivity contribution is 7.99. The van der Waals surface area contributed by atoms with Gasteiger partial charge in [-0.15, -0.1) is 0 Å². The maximum absolute atomic E-state index is 3.77. The highest BCUT2D eigenvalue weighted by atomic mass is 32.2. The van der Waals surface area contributed by atoms with Crippen LogP contribution in [0.1, 0.15) is 24.3 Å². The van der Waals surface area contributed by atoms with Crippen LogP contribution in [0.4, 0.5) is 5.69 Å². The minimum atomic E-state index is 0.697. The van der Waals surface area contributed by atoms with E-state index in [4.69, 9.17) is 0 Å². The standard InChI is InChI=1S/C15H22N2S/c1-17-8-6-12(10-16-13-7-9-18-11-13)14-4-2-3-5-15(14)17/h2-5,12-13,16H,6-11H2,1H3/t12-,13-/m0/s1. The maximum Gasteiger partial charge on any atom is 0.0399 e. The summed E-state index contributed by atoms with van der Waals surface area (Å²) < 4.78 is 0. The third kappa shape index (κ3) is 2.52. The molecular formula is C15H22N2S. The van der Waals surface area contributed by atoms with Crippen molar-refractivity contribution in [1.82, 2.24) is 5.32 Å². The van der Waals surface area contributed by atoms with E-state index in [-0.39, 0.29) is 0 Å². The Bertz CT molecular complexity index is 401. The molecule has 1 aromatic rings. The van der Waals surface area contributed by atoms with Crippen molar-refractivity contribution in [2.24, 2.45) is 0 Å². The number of hydrogen-bond acceptors (Lipinski definition) is 3. The summed E-state index contributed by atoms with van der Waals surface area (Å²) in [5.74, 6) is 3.33. The number of nitrogens with zero attached hydrogens (tertiary/aromatic N) is 1. The molecule has 18 heavy (non-hydrogen) atoms. The van der Waals surface area contributed by atoms with Gasteiger partial charge in [0.2, 0.25) is 0 Å². The van der Waals surface area contributed by atoms with Gasteiger partial charge in [0, 0.05) is 43.5 Å². The molecule has 0 radical (unpaired) electrons. The molecule has 98 valence electrons. The zero-order chi connectivity index (χ0) is 12.4. The molecule has 2 nitrogen and oxygen atoms in total. The molecule has 3 rings (SSSR count). The van der Waals surface area contributed by atoms with Crippen molar-refractivity contribution >= 4 is 17.4 Å².